The third kappa shape index (κ3) is 6.88. The summed E-state index contributed by atoms with van der Waals surface area (Å²) in [5.41, 5.74) is 16.9. The molecule has 0 aliphatic heterocycles. The lowest BCUT2D eigenvalue weighted by Gasteiger charge is -2.26. The quantitative estimate of drug-likeness (QED) is 0.151. The van der Waals surface area contributed by atoms with Gasteiger partial charge >= 0.3 is 0 Å². The van der Waals surface area contributed by atoms with Crippen LogP contribution in [-0.4, -0.2) is 0 Å². The van der Waals surface area contributed by atoms with Gasteiger partial charge in [-0.05, 0) is 128 Å². The molecule has 0 saturated heterocycles. The predicted octanol–water partition coefficient (Wildman–Crippen LogP) is 18.9. The van der Waals surface area contributed by atoms with E-state index in [9.17, 15) is 0 Å². The molecule has 13 rings (SSSR count). The highest BCUT2D eigenvalue weighted by molar-refractivity contribution is 7.25. The number of hydrogen-bond acceptors (Lipinski definition) is 3. The van der Waals surface area contributed by atoms with Crippen molar-refractivity contribution in [2.45, 2.75) is 0 Å². The van der Waals surface area contributed by atoms with Crippen molar-refractivity contribution in [1.82, 2.24) is 0 Å². The van der Waals surface area contributed by atoms with Gasteiger partial charge in [-0.2, -0.15) is 0 Å². The van der Waals surface area contributed by atoms with Crippen molar-refractivity contribution in [3.8, 4) is 55.6 Å². The zero-order chi connectivity index (χ0) is 44.3. The van der Waals surface area contributed by atoms with Crippen LogP contribution >= 0.6 is 11.3 Å². The zero-order valence-corrected chi connectivity index (χ0v) is 37.3. The van der Waals surface area contributed by atoms with Crippen LogP contribution in [0.4, 0.5) is 17.1 Å². The van der Waals surface area contributed by atoms with E-state index in [1.54, 1.807) is 0 Å². The minimum atomic E-state index is 0.887. The second kappa shape index (κ2) is 16.2. The first-order chi connectivity index (χ1) is 33.2. The van der Waals surface area contributed by atoms with E-state index in [-0.39, 0.29) is 0 Å². The van der Waals surface area contributed by atoms with Crippen LogP contribution in [0.25, 0.3) is 109 Å². The first-order valence-electron chi connectivity index (χ1n) is 22.8. The highest BCUT2D eigenvalue weighted by Crippen LogP contribution is 2.44. The summed E-state index contributed by atoms with van der Waals surface area (Å²) in [5, 5.41) is 7.18. The molecule has 2 nitrogen and oxygen atoms in total. The van der Waals surface area contributed by atoms with Crippen LogP contribution < -0.4 is 4.90 Å². The smallest absolute Gasteiger partial charge is 0.143 e. The van der Waals surface area contributed by atoms with Gasteiger partial charge in [-0.3, -0.25) is 0 Å². The maximum atomic E-state index is 6.63. The monoisotopic (exact) mass is 871 g/mol. The first-order valence-corrected chi connectivity index (χ1v) is 23.6. The lowest BCUT2D eigenvalue weighted by atomic mass is 9.91. The van der Waals surface area contributed by atoms with Gasteiger partial charge in [-0.15, -0.1) is 11.3 Å². The molecule has 11 aromatic carbocycles. The summed E-state index contributed by atoms with van der Waals surface area (Å²) in [6.07, 6.45) is 0. The molecule has 0 N–H and O–H groups in total. The molecule has 2 aromatic heterocycles. The van der Waals surface area contributed by atoms with E-state index in [1.165, 1.54) is 64.5 Å². The normalized spacial score (nSPS) is 11.6. The van der Waals surface area contributed by atoms with Gasteiger partial charge in [-0.1, -0.05) is 182 Å². The Kier molecular flexibility index (Phi) is 9.40. The van der Waals surface area contributed by atoms with Crippen LogP contribution in [0.1, 0.15) is 0 Å². The van der Waals surface area contributed by atoms with E-state index >= 15 is 0 Å². The fourth-order valence-electron chi connectivity index (χ4n) is 10.0. The van der Waals surface area contributed by atoms with E-state index < -0.39 is 0 Å². The maximum Gasteiger partial charge on any atom is 0.143 e. The van der Waals surface area contributed by atoms with Gasteiger partial charge < -0.3 is 9.32 Å². The van der Waals surface area contributed by atoms with Crippen LogP contribution in [0.15, 0.2) is 253 Å². The molecule has 314 valence electrons. The molecule has 0 unspecified atom stereocenters. The van der Waals surface area contributed by atoms with Crippen LogP contribution in [-0.2, 0) is 0 Å². The molecule has 0 spiro atoms. The average Bonchev–Trinajstić information content (AvgIpc) is 3.98. The average molecular weight is 872 g/mol. The first kappa shape index (κ1) is 38.9. The van der Waals surface area contributed by atoms with Gasteiger partial charge in [0.1, 0.15) is 11.2 Å². The fourth-order valence-corrected chi connectivity index (χ4v) is 11.2. The van der Waals surface area contributed by atoms with E-state index in [1.807, 2.05) is 11.3 Å². The van der Waals surface area contributed by atoms with Crippen molar-refractivity contribution in [1.29, 1.82) is 0 Å². The molecule has 2 heterocycles. The number of thiophene rings is 1. The van der Waals surface area contributed by atoms with Crippen molar-refractivity contribution in [2.75, 3.05) is 4.90 Å². The summed E-state index contributed by atoms with van der Waals surface area (Å²) < 4.78 is 9.26. The molecule has 0 aliphatic rings. The van der Waals surface area contributed by atoms with Crippen molar-refractivity contribution in [3.63, 3.8) is 0 Å². The molecule has 0 aliphatic carbocycles. The molecule has 67 heavy (non-hydrogen) atoms. The molecule has 0 atom stereocenters. The molecular formula is C64H41NOS. The van der Waals surface area contributed by atoms with Crippen LogP contribution in [0.3, 0.4) is 0 Å². The number of nitrogens with zero attached hydrogens (tertiary/aromatic N) is 1. The number of benzene rings is 11. The van der Waals surface area contributed by atoms with E-state index in [0.717, 1.165) is 61.1 Å². The molecule has 0 fully saturated rings. The number of rotatable bonds is 8. The van der Waals surface area contributed by atoms with E-state index in [4.69, 9.17) is 4.42 Å². The van der Waals surface area contributed by atoms with Crippen LogP contribution in [0, 0.1) is 0 Å². The molecule has 0 bridgehead atoms. The Labute approximate surface area is 392 Å². The summed E-state index contributed by atoms with van der Waals surface area (Å²) in [6.45, 7) is 0. The minimum Gasteiger partial charge on any atom is -0.455 e. The Morgan fingerprint density at radius 2 is 0.881 bits per heavy atom. The van der Waals surface area contributed by atoms with Crippen molar-refractivity contribution < 1.29 is 4.42 Å². The SMILES string of the molecule is c1ccc(-c2ccc(-c3ccc(N(c4ccc(-c5ccc6c(c5)sc5ccccc56)cc4)c4cccc(-c5cccc6oc7c8ccccc8ccc7c56)c4)cc3)cc2-c2ccccc2)cc1. The molecule has 0 amide bonds. The van der Waals surface area contributed by atoms with E-state index in [2.05, 4.69) is 254 Å². The third-order valence-corrected chi connectivity index (χ3v) is 14.4. The number of hydrogen-bond donors (Lipinski definition) is 0. The van der Waals surface area contributed by atoms with Gasteiger partial charge in [0.25, 0.3) is 0 Å². The Morgan fingerprint density at radius 1 is 0.299 bits per heavy atom. The lowest BCUT2D eigenvalue weighted by Crippen LogP contribution is -2.10. The Balaban J connectivity index is 0.918. The highest BCUT2D eigenvalue weighted by Gasteiger charge is 2.19. The van der Waals surface area contributed by atoms with Crippen molar-refractivity contribution in [2.24, 2.45) is 0 Å². The largest absolute Gasteiger partial charge is 0.455 e. The summed E-state index contributed by atoms with van der Waals surface area (Å²) in [7, 11) is 0. The highest BCUT2D eigenvalue weighted by atomic mass is 32.1. The van der Waals surface area contributed by atoms with Crippen molar-refractivity contribution >= 4 is 81.3 Å². The molecule has 0 saturated carbocycles. The summed E-state index contributed by atoms with van der Waals surface area (Å²) in [4.78, 5) is 2.38. The van der Waals surface area contributed by atoms with Gasteiger partial charge in [0, 0.05) is 53.4 Å². The van der Waals surface area contributed by atoms with E-state index in [0.29, 0.717) is 0 Å². The van der Waals surface area contributed by atoms with Crippen molar-refractivity contribution in [3.05, 3.63) is 249 Å². The maximum absolute atomic E-state index is 6.63. The number of anilines is 3. The van der Waals surface area contributed by atoms with Crippen LogP contribution in [0.2, 0.25) is 0 Å². The minimum absolute atomic E-state index is 0.887. The topological polar surface area (TPSA) is 16.4 Å². The summed E-state index contributed by atoms with van der Waals surface area (Å²) in [5.74, 6) is 0. The van der Waals surface area contributed by atoms with Gasteiger partial charge in [0.15, 0.2) is 0 Å². The molecular weight excluding hydrogens is 831 g/mol. The standard InChI is InChI=1S/C64H41NOS/c1-3-13-44(14-4-1)53-36-30-47(40-59(53)45-15-5-2-6-16-45)42-25-32-50(33-26-42)65(51-34-27-43(28-35-51)48-31-37-57-56-21-9-10-24-61(56)67-62(57)41-48)52-19-11-18-49(39-52)54-22-12-23-60-63(54)58-38-29-46-17-7-8-20-55(46)64(58)66-60/h1-41H. The second-order valence-corrected chi connectivity index (χ2v) is 18.3. The number of furan rings is 1. The Morgan fingerprint density at radius 3 is 1.64 bits per heavy atom. The second-order valence-electron chi connectivity index (χ2n) is 17.2. The summed E-state index contributed by atoms with van der Waals surface area (Å²) in [6, 6.07) is 90.1. The molecule has 0 radical (unpaired) electrons. The van der Waals surface area contributed by atoms with Gasteiger partial charge in [-0.25, -0.2) is 0 Å². The van der Waals surface area contributed by atoms with Gasteiger partial charge in [0.2, 0.25) is 0 Å². The zero-order valence-electron chi connectivity index (χ0n) is 36.4. The Hall–Kier alpha value is -8.50. The summed E-state index contributed by atoms with van der Waals surface area (Å²) >= 11 is 1.86. The molecule has 3 heteroatoms. The number of fused-ring (bicyclic) bond motifs is 8. The van der Waals surface area contributed by atoms with Gasteiger partial charge in [0.05, 0.1) is 0 Å². The Bertz CT molecular complexity index is 3960. The predicted molar refractivity (Wildman–Crippen MR) is 286 cm³/mol. The molecule has 13 aromatic rings. The fraction of sp³-hybridized carbons (Fsp3) is 0. The lowest BCUT2D eigenvalue weighted by molar-refractivity contribution is 0.673. The third-order valence-electron chi connectivity index (χ3n) is 13.3. The van der Waals surface area contributed by atoms with Crippen LogP contribution in [0.5, 0.6) is 0 Å².